The van der Waals surface area contributed by atoms with Crippen molar-refractivity contribution in [2.24, 2.45) is 0 Å². The predicted molar refractivity (Wildman–Crippen MR) is 66.8 cm³/mol. The van der Waals surface area contributed by atoms with Crippen LogP contribution in [0.2, 0.25) is 0 Å². The van der Waals surface area contributed by atoms with Gasteiger partial charge < -0.3 is 10.1 Å². The van der Waals surface area contributed by atoms with E-state index in [4.69, 9.17) is 4.74 Å². The highest BCUT2D eigenvalue weighted by Crippen LogP contribution is 2.36. The molecule has 4 nitrogen and oxygen atoms in total. The normalized spacial score (nSPS) is 20.2. The fourth-order valence-corrected chi connectivity index (χ4v) is 2.97. The van der Waals surface area contributed by atoms with E-state index in [1.54, 1.807) is 11.3 Å². The van der Waals surface area contributed by atoms with Crippen LogP contribution in [-0.4, -0.2) is 25.1 Å². The van der Waals surface area contributed by atoms with Crippen LogP contribution in [0.1, 0.15) is 30.2 Å². The number of carbonyl (C=O) groups is 1. The SMILES string of the molecule is CNC1=C(C(=O)OC)CCC(c2nccs2)C1. The summed E-state index contributed by atoms with van der Waals surface area (Å²) < 4.78 is 4.80. The second-order valence-corrected chi connectivity index (χ2v) is 4.93. The molecule has 1 heterocycles. The third-order valence-corrected chi connectivity index (χ3v) is 4.03. The highest BCUT2D eigenvalue weighted by atomic mass is 32.1. The summed E-state index contributed by atoms with van der Waals surface area (Å²) in [6.45, 7) is 0. The molecule has 1 N–H and O–H groups in total. The number of nitrogens with one attached hydrogen (secondary N) is 1. The van der Waals surface area contributed by atoms with Gasteiger partial charge in [0.25, 0.3) is 0 Å². The molecule has 0 radical (unpaired) electrons. The van der Waals surface area contributed by atoms with Crippen molar-refractivity contribution in [1.29, 1.82) is 0 Å². The van der Waals surface area contributed by atoms with Gasteiger partial charge in [-0.05, 0) is 19.3 Å². The monoisotopic (exact) mass is 252 g/mol. The number of carbonyl (C=O) groups excluding carboxylic acids is 1. The van der Waals surface area contributed by atoms with Crippen LogP contribution in [0.5, 0.6) is 0 Å². The molecule has 0 aliphatic heterocycles. The Labute approximate surface area is 105 Å². The van der Waals surface area contributed by atoms with E-state index in [1.165, 1.54) is 7.11 Å². The van der Waals surface area contributed by atoms with Crippen LogP contribution in [0.4, 0.5) is 0 Å². The Kier molecular flexibility index (Phi) is 3.78. The van der Waals surface area contributed by atoms with Crippen LogP contribution in [0.15, 0.2) is 22.8 Å². The third kappa shape index (κ3) is 2.49. The molecular formula is C12H16N2O2S. The lowest BCUT2D eigenvalue weighted by Crippen LogP contribution is -2.22. The minimum absolute atomic E-state index is 0.216. The van der Waals surface area contributed by atoms with Gasteiger partial charge in [0.05, 0.1) is 17.7 Å². The predicted octanol–water partition coefficient (Wildman–Crippen LogP) is 2.06. The number of rotatable bonds is 3. The van der Waals surface area contributed by atoms with E-state index in [1.807, 2.05) is 18.6 Å². The molecule has 92 valence electrons. The molecule has 0 amide bonds. The molecule has 0 aromatic carbocycles. The van der Waals surface area contributed by atoms with Gasteiger partial charge in [0, 0.05) is 30.2 Å². The number of hydrogen-bond donors (Lipinski definition) is 1. The average Bonchev–Trinajstić information content (AvgIpc) is 2.91. The Bertz CT molecular complexity index is 426. The zero-order valence-corrected chi connectivity index (χ0v) is 10.8. The summed E-state index contributed by atoms with van der Waals surface area (Å²) in [5.41, 5.74) is 1.77. The number of esters is 1. The number of aromatic nitrogens is 1. The van der Waals surface area contributed by atoms with E-state index in [0.717, 1.165) is 35.5 Å². The summed E-state index contributed by atoms with van der Waals surface area (Å²) in [6.07, 6.45) is 4.39. The molecule has 17 heavy (non-hydrogen) atoms. The molecule has 0 fully saturated rings. The van der Waals surface area contributed by atoms with Gasteiger partial charge in [0.2, 0.25) is 0 Å². The Morgan fingerprint density at radius 3 is 3.06 bits per heavy atom. The standard InChI is InChI=1S/C12H16N2O2S/c1-13-10-7-8(11-14-5-6-17-11)3-4-9(10)12(15)16-2/h5-6,8,13H,3-4,7H2,1-2H3. The van der Waals surface area contributed by atoms with Gasteiger partial charge in [0.1, 0.15) is 0 Å². The quantitative estimate of drug-likeness (QED) is 0.837. The Hall–Kier alpha value is -1.36. The summed E-state index contributed by atoms with van der Waals surface area (Å²) in [6, 6.07) is 0. The number of methoxy groups -OCH3 is 1. The van der Waals surface area contributed by atoms with Crippen molar-refractivity contribution >= 4 is 17.3 Å². The van der Waals surface area contributed by atoms with E-state index < -0.39 is 0 Å². The van der Waals surface area contributed by atoms with Crippen LogP contribution in [0.25, 0.3) is 0 Å². The molecule has 1 aromatic heterocycles. The van der Waals surface area contributed by atoms with Crippen LogP contribution < -0.4 is 5.32 Å². The number of thiazole rings is 1. The minimum Gasteiger partial charge on any atom is -0.466 e. The van der Waals surface area contributed by atoms with Gasteiger partial charge in [-0.15, -0.1) is 11.3 Å². The molecule has 2 rings (SSSR count). The lowest BCUT2D eigenvalue weighted by molar-refractivity contribution is -0.136. The molecule has 5 heteroatoms. The number of hydrogen-bond acceptors (Lipinski definition) is 5. The van der Waals surface area contributed by atoms with Gasteiger partial charge in [-0.2, -0.15) is 0 Å². The van der Waals surface area contributed by atoms with Crippen molar-refractivity contribution in [2.45, 2.75) is 25.2 Å². The maximum absolute atomic E-state index is 11.6. The van der Waals surface area contributed by atoms with Crippen molar-refractivity contribution in [3.63, 3.8) is 0 Å². The van der Waals surface area contributed by atoms with Crippen molar-refractivity contribution in [2.75, 3.05) is 14.2 Å². The molecule has 0 saturated heterocycles. The highest BCUT2D eigenvalue weighted by Gasteiger charge is 2.27. The van der Waals surface area contributed by atoms with Gasteiger partial charge >= 0.3 is 5.97 Å². The fourth-order valence-electron chi connectivity index (χ4n) is 2.19. The van der Waals surface area contributed by atoms with Crippen LogP contribution in [-0.2, 0) is 9.53 Å². The first kappa shape index (κ1) is 12.1. The Morgan fingerprint density at radius 1 is 1.65 bits per heavy atom. The highest BCUT2D eigenvalue weighted by molar-refractivity contribution is 7.09. The summed E-state index contributed by atoms with van der Waals surface area (Å²) in [7, 11) is 3.28. The van der Waals surface area contributed by atoms with Crippen molar-refractivity contribution in [3.8, 4) is 0 Å². The maximum Gasteiger partial charge on any atom is 0.335 e. The molecule has 0 saturated carbocycles. The molecule has 1 unspecified atom stereocenters. The number of nitrogens with zero attached hydrogens (tertiary/aromatic N) is 1. The number of ether oxygens (including phenoxy) is 1. The third-order valence-electron chi connectivity index (χ3n) is 3.09. The fraction of sp³-hybridized carbons (Fsp3) is 0.500. The van der Waals surface area contributed by atoms with Crippen molar-refractivity contribution in [3.05, 3.63) is 27.9 Å². The van der Waals surface area contributed by atoms with Gasteiger partial charge in [-0.3, -0.25) is 0 Å². The first-order valence-corrected chi connectivity index (χ1v) is 6.51. The lowest BCUT2D eigenvalue weighted by atomic mass is 9.87. The average molecular weight is 252 g/mol. The minimum atomic E-state index is -0.216. The molecule has 1 atom stereocenters. The smallest absolute Gasteiger partial charge is 0.335 e. The molecule has 1 aliphatic rings. The summed E-state index contributed by atoms with van der Waals surface area (Å²) in [5, 5.41) is 6.27. The van der Waals surface area contributed by atoms with E-state index in [0.29, 0.717) is 5.92 Å². The van der Waals surface area contributed by atoms with E-state index in [9.17, 15) is 4.79 Å². The van der Waals surface area contributed by atoms with Crippen LogP contribution >= 0.6 is 11.3 Å². The summed E-state index contributed by atoms with van der Waals surface area (Å²) in [5.74, 6) is 0.206. The van der Waals surface area contributed by atoms with E-state index in [2.05, 4.69) is 10.3 Å². The second kappa shape index (κ2) is 5.31. The zero-order valence-electron chi connectivity index (χ0n) is 10.0. The largest absolute Gasteiger partial charge is 0.466 e. The molecule has 0 spiro atoms. The van der Waals surface area contributed by atoms with Gasteiger partial charge in [0.15, 0.2) is 0 Å². The zero-order chi connectivity index (χ0) is 12.3. The van der Waals surface area contributed by atoms with Crippen LogP contribution in [0.3, 0.4) is 0 Å². The van der Waals surface area contributed by atoms with E-state index in [-0.39, 0.29) is 5.97 Å². The van der Waals surface area contributed by atoms with Crippen molar-refractivity contribution in [1.82, 2.24) is 10.3 Å². The van der Waals surface area contributed by atoms with Crippen LogP contribution in [0, 0.1) is 0 Å². The maximum atomic E-state index is 11.6. The molecule has 1 aliphatic carbocycles. The summed E-state index contributed by atoms with van der Waals surface area (Å²) in [4.78, 5) is 15.9. The molecule has 1 aromatic rings. The first-order chi connectivity index (χ1) is 8.26. The Morgan fingerprint density at radius 2 is 2.47 bits per heavy atom. The van der Waals surface area contributed by atoms with Gasteiger partial charge in [-0.25, -0.2) is 9.78 Å². The lowest BCUT2D eigenvalue weighted by Gasteiger charge is -2.24. The second-order valence-electron chi connectivity index (χ2n) is 4.01. The molecular weight excluding hydrogens is 236 g/mol. The first-order valence-electron chi connectivity index (χ1n) is 5.63. The van der Waals surface area contributed by atoms with E-state index >= 15 is 0 Å². The Balaban J connectivity index is 2.18. The molecule has 0 bridgehead atoms. The van der Waals surface area contributed by atoms with Gasteiger partial charge in [-0.1, -0.05) is 0 Å². The summed E-state index contributed by atoms with van der Waals surface area (Å²) >= 11 is 1.68. The van der Waals surface area contributed by atoms with Crippen molar-refractivity contribution < 1.29 is 9.53 Å². The number of allylic oxidation sites excluding steroid dienone is 1. The topological polar surface area (TPSA) is 51.2 Å².